The van der Waals surface area contributed by atoms with Gasteiger partial charge < -0.3 is 9.79 Å². The standard InChI is InChI=1S/C6H8NO3P/c8-11(9,10)7-6-4-2-1-3-5-6/h1-5H,(H3,7,8,9,10). The van der Waals surface area contributed by atoms with Crippen LogP contribution in [0.4, 0.5) is 5.69 Å². The molecule has 0 aliphatic rings. The Morgan fingerprint density at radius 1 is 1.18 bits per heavy atom. The predicted octanol–water partition coefficient (Wildman–Crippen LogP) is 1.19. The van der Waals surface area contributed by atoms with Crippen LogP contribution >= 0.6 is 7.75 Å². The Kier molecular flexibility index (Phi) is 2.29. The van der Waals surface area contributed by atoms with Gasteiger partial charge in [-0.3, -0.25) is 5.09 Å². The van der Waals surface area contributed by atoms with Gasteiger partial charge >= 0.3 is 7.75 Å². The number of anilines is 1. The van der Waals surface area contributed by atoms with E-state index in [1.165, 1.54) is 0 Å². The van der Waals surface area contributed by atoms with Crippen LogP contribution in [0, 0.1) is 0 Å². The van der Waals surface area contributed by atoms with E-state index in [9.17, 15) is 4.57 Å². The fourth-order valence-electron chi connectivity index (χ4n) is 0.681. The van der Waals surface area contributed by atoms with Crippen molar-refractivity contribution < 1.29 is 14.4 Å². The first-order valence-corrected chi connectivity index (χ1v) is 4.58. The molecule has 0 aliphatic carbocycles. The lowest BCUT2D eigenvalue weighted by atomic mass is 10.3. The molecule has 0 fully saturated rings. The van der Waals surface area contributed by atoms with Crippen molar-refractivity contribution in [3.8, 4) is 0 Å². The van der Waals surface area contributed by atoms with Gasteiger partial charge in [-0.15, -0.1) is 0 Å². The molecule has 0 spiro atoms. The van der Waals surface area contributed by atoms with Gasteiger partial charge in [0.15, 0.2) is 0 Å². The molecule has 0 aromatic heterocycles. The van der Waals surface area contributed by atoms with Crippen LogP contribution in [0.15, 0.2) is 30.3 Å². The number of nitrogens with one attached hydrogen (secondary N) is 1. The van der Waals surface area contributed by atoms with Crippen molar-refractivity contribution in [2.75, 3.05) is 5.09 Å². The molecule has 0 saturated carbocycles. The van der Waals surface area contributed by atoms with E-state index in [2.05, 4.69) is 0 Å². The minimum Gasteiger partial charge on any atom is -0.308 e. The molecule has 4 nitrogen and oxygen atoms in total. The van der Waals surface area contributed by atoms with Crippen molar-refractivity contribution in [1.82, 2.24) is 0 Å². The smallest absolute Gasteiger partial charge is 0.308 e. The van der Waals surface area contributed by atoms with E-state index in [4.69, 9.17) is 9.79 Å². The molecule has 1 aromatic rings. The molecule has 0 heterocycles. The monoisotopic (exact) mass is 173 g/mol. The fourth-order valence-corrected chi connectivity index (χ4v) is 1.17. The molecular weight excluding hydrogens is 165 g/mol. The van der Waals surface area contributed by atoms with Crippen LogP contribution in [0.2, 0.25) is 0 Å². The van der Waals surface area contributed by atoms with Crippen LogP contribution < -0.4 is 5.09 Å². The van der Waals surface area contributed by atoms with E-state index in [0.717, 1.165) is 0 Å². The first-order chi connectivity index (χ1) is 5.08. The predicted molar refractivity (Wildman–Crippen MR) is 42.1 cm³/mol. The third-order valence-electron chi connectivity index (χ3n) is 1.05. The minimum atomic E-state index is -4.14. The van der Waals surface area contributed by atoms with Crippen LogP contribution in [-0.4, -0.2) is 9.79 Å². The van der Waals surface area contributed by atoms with Crippen LogP contribution in [-0.2, 0) is 4.57 Å². The summed E-state index contributed by atoms with van der Waals surface area (Å²) in [5.74, 6) is 0. The maximum absolute atomic E-state index is 10.4. The highest BCUT2D eigenvalue weighted by Gasteiger charge is 2.10. The maximum Gasteiger partial charge on any atom is 0.427 e. The summed E-state index contributed by atoms with van der Waals surface area (Å²) in [6, 6.07) is 8.32. The van der Waals surface area contributed by atoms with E-state index >= 15 is 0 Å². The molecule has 0 radical (unpaired) electrons. The minimum absolute atomic E-state index is 0.417. The summed E-state index contributed by atoms with van der Waals surface area (Å²) in [6.07, 6.45) is 0. The Bertz CT molecular complexity index is 268. The van der Waals surface area contributed by atoms with Crippen LogP contribution in [0.5, 0.6) is 0 Å². The lowest BCUT2D eigenvalue weighted by Crippen LogP contribution is -1.93. The molecule has 5 heteroatoms. The molecule has 60 valence electrons. The van der Waals surface area contributed by atoms with Gasteiger partial charge in [0.2, 0.25) is 0 Å². The lowest BCUT2D eigenvalue weighted by Gasteiger charge is -2.05. The number of para-hydroxylation sites is 1. The molecular formula is C6H8NO3P. The SMILES string of the molecule is O=P(O)(O)Nc1ccccc1. The Hall–Kier alpha value is -0.830. The van der Waals surface area contributed by atoms with Crippen LogP contribution in [0.3, 0.4) is 0 Å². The lowest BCUT2D eigenvalue weighted by molar-refractivity contribution is 0.380. The summed E-state index contributed by atoms with van der Waals surface area (Å²) >= 11 is 0. The third-order valence-corrected chi connectivity index (χ3v) is 1.60. The van der Waals surface area contributed by atoms with Gasteiger partial charge in [-0.1, -0.05) is 18.2 Å². The number of benzene rings is 1. The molecule has 0 unspecified atom stereocenters. The normalized spacial score (nSPS) is 11.1. The van der Waals surface area contributed by atoms with Gasteiger partial charge in [-0.05, 0) is 12.1 Å². The molecule has 1 aromatic carbocycles. The van der Waals surface area contributed by atoms with Crippen molar-refractivity contribution in [2.24, 2.45) is 0 Å². The molecule has 0 saturated heterocycles. The Labute approximate surface area is 64.1 Å². The van der Waals surface area contributed by atoms with Crippen molar-refractivity contribution in [1.29, 1.82) is 0 Å². The van der Waals surface area contributed by atoms with Gasteiger partial charge in [-0.2, -0.15) is 0 Å². The molecule has 0 atom stereocenters. The third kappa shape index (κ3) is 3.18. The van der Waals surface area contributed by atoms with E-state index in [0.29, 0.717) is 5.69 Å². The molecule has 0 aliphatic heterocycles. The van der Waals surface area contributed by atoms with E-state index in [1.54, 1.807) is 30.3 Å². The molecule has 0 amide bonds. The van der Waals surface area contributed by atoms with Crippen molar-refractivity contribution >= 4 is 13.4 Å². The van der Waals surface area contributed by atoms with E-state index in [1.807, 2.05) is 5.09 Å². The first kappa shape index (κ1) is 8.27. The highest BCUT2D eigenvalue weighted by atomic mass is 31.2. The van der Waals surface area contributed by atoms with Crippen LogP contribution in [0.25, 0.3) is 0 Å². The van der Waals surface area contributed by atoms with Crippen LogP contribution in [0.1, 0.15) is 0 Å². The second kappa shape index (κ2) is 3.05. The van der Waals surface area contributed by atoms with E-state index < -0.39 is 7.75 Å². The summed E-state index contributed by atoms with van der Waals surface area (Å²) in [6.45, 7) is 0. The van der Waals surface area contributed by atoms with Crippen molar-refractivity contribution in [3.63, 3.8) is 0 Å². The second-order valence-electron chi connectivity index (χ2n) is 2.02. The zero-order chi connectivity index (χ0) is 8.32. The van der Waals surface area contributed by atoms with Gasteiger partial charge in [0.25, 0.3) is 0 Å². The molecule has 11 heavy (non-hydrogen) atoms. The van der Waals surface area contributed by atoms with Gasteiger partial charge in [0.1, 0.15) is 0 Å². The average Bonchev–Trinajstić information content (AvgIpc) is 1.85. The highest BCUT2D eigenvalue weighted by molar-refractivity contribution is 7.53. The zero-order valence-electron chi connectivity index (χ0n) is 5.64. The highest BCUT2D eigenvalue weighted by Crippen LogP contribution is 2.34. The maximum atomic E-state index is 10.4. The Morgan fingerprint density at radius 2 is 1.73 bits per heavy atom. The second-order valence-corrected chi connectivity index (χ2v) is 3.33. The van der Waals surface area contributed by atoms with E-state index in [-0.39, 0.29) is 0 Å². The molecule has 1 rings (SSSR count). The molecule has 3 N–H and O–H groups in total. The number of hydrogen-bond acceptors (Lipinski definition) is 1. The number of hydrogen-bond donors (Lipinski definition) is 3. The zero-order valence-corrected chi connectivity index (χ0v) is 6.53. The quantitative estimate of drug-likeness (QED) is 0.587. The Balaban J connectivity index is 2.74. The van der Waals surface area contributed by atoms with Gasteiger partial charge in [-0.25, -0.2) is 4.57 Å². The first-order valence-electron chi connectivity index (χ1n) is 2.97. The van der Waals surface area contributed by atoms with Gasteiger partial charge in [0, 0.05) is 5.69 Å². The topological polar surface area (TPSA) is 69.6 Å². The summed E-state index contributed by atoms with van der Waals surface area (Å²) in [5.41, 5.74) is 0.417. The fraction of sp³-hybridized carbons (Fsp3) is 0. The summed E-state index contributed by atoms with van der Waals surface area (Å²) in [4.78, 5) is 16.9. The van der Waals surface area contributed by atoms with Crippen molar-refractivity contribution in [3.05, 3.63) is 30.3 Å². The largest absolute Gasteiger partial charge is 0.427 e. The summed E-state index contributed by atoms with van der Waals surface area (Å²) < 4.78 is 10.4. The number of rotatable bonds is 2. The van der Waals surface area contributed by atoms with Crippen molar-refractivity contribution in [2.45, 2.75) is 0 Å². The summed E-state index contributed by atoms with van der Waals surface area (Å²) in [7, 11) is -4.14. The summed E-state index contributed by atoms with van der Waals surface area (Å²) in [5, 5.41) is 2.05. The van der Waals surface area contributed by atoms with Gasteiger partial charge in [0.05, 0.1) is 0 Å². The Morgan fingerprint density at radius 3 is 2.18 bits per heavy atom. The molecule has 0 bridgehead atoms. The average molecular weight is 173 g/mol.